The van der Waals surface area contributed by atoms with Crippen LogP contribution in [0.4, 0.5) is 0 Å². The maximum atomic E-state index is 13.1. The van der Waals surface area contributed by atoms with Crippen LogP contribution >= 0.6 is 0 Å². The molecule has 3 nitrogen and oxygen atoms in total. The Balaban J connectivity index is 1.84. The fraction of sp³-hybridized carbons (Fsp3) is 0.611. The summed E-state index contributed by atoms with van der Waals surface area (Å²) in [6, 6.07) is 8.78. The number of rotatable bonds is 2. The molecule has 3 heteroatoms. The van der Waals surface area contributed by atoms with E-state index in [1.54, 1.807) is 0 Å². The highest BCUT2D eigenvalue weighted by Gasteiger charge is 2.41. The van der Waals surface area contributed by atoms with Crippen LogP contribution < -0.4 is 5.32 Å². The topological polar surface area (TPSA) is 32.3 Å². The second-order valence-electron chi connectivity index (χ2n) is 6.85. The van der Waals surface area contributed by atoms with E-state index in [0.717, 1.165) is 45.3 Å². The van der Waals surface area contributed by atoms with Gasteiger partial charge in [-0.25, -0.2) is 0 Å². The quantitative estimate of drug-likeness (QED) is 0.906. The van der Waals surface area contributed by atoms with Crippen LogP contribution in [0.25, 0.3) is 0 Å². The van der Waals surface area contributed by atoms with Crippen LogP contribution in [0.2, 0.25) is 0 Å². The maximum absolute atomic E-state index is 13.1. The molecule has 2 fully saturated rings. The van der Waals surface area contributed by atoms with Crippen LogP contribution in [-0.2, 0) is 4.79 Å². The summed E-state index contributed by atoms with van der Waals surface area (Å²) in [7, 11) is 0. The summed E-state index contributed by atoms with van der Waals surface area (Å²) >= 11 is 0. The van der Waals surface area contributed by atoms with E-state index in [-0.39, 0.29) is 11.5 Å². The van der Waals surface area contributed by atoms with Gasteiger partial charge in [-0.15, -0.1) is 0 Å². The van der Waals surface area contributed by atoms with Gasteiger partial charge in [0.15, 0.2) is 0 Å². The predicted octanol–water partition coefficient (Wildman–Crippen LogP) is 3.05. The van der Waals surface area contributed by atoms with Crippen LogP contribution in [-0.4, -0.2) is 30.4 Å². The normalized spacial score (nSPS) is 29.6. The van der Waals surface area contributed by atoms with Crippen molar-refractivity contribution in [3.63, 3.8) is 0 Å². The molecular formula is C18H26N2O. The minimum atomic E-state index is -0.219. The Morgan fingerprint density at radius 3 is 2.86 bits per heavy atom. The molecule has 2 aliphatic rings. The number of amides is 1. The first-order chi connectivity index (χ1) is 10.1. The van der Waals surface area contributed by atoms with Crippen LogP contribution in [0.15, 0.2) is 24.3 Å². The van der Waals surface area contributed by atoms with Crippen LogP contribution in [0, 0.1) is 12.3 Å². The standard InChI is InChI=1S/C18H26N2O/c1-14-7-3-4-8-15(14)16-9-5-12-20(16)17(21)18(2)10-6-11-19-13-18/h3-4,7-8,16,19H,5-6,9-13H2,1-2H3. The summed E-state index contributed by atoms with van der Waals surface area (Å²) in [6.45, 7) is 7.06. The second kappa shape index (κ2) is 5.80. The molecule has 114 valence electrons. The van der Waals surface area contributed by atoms with Gasteiger partial charge >= 0.3 is 0 Å². The highest BCUT2D eigenvalue weighted by atomic mass is 16.2. The van der Waals surface area contributed by atoms with E-state index >= 15 is 0 Å². The first kappa shape index (κ1) is 14.6. The molecule has 0 aliphatic carbocycles. The maximum Gasteiger partial charge on any atom is 0.230 e. The number of likely N-dealkylation sites (tertiary alicyclic amines) is 1. The van der Waals surface area contributed by atoms with E-state index in [4.69, 9.17) is 0 Å². The number of hydrogen-bond donors (Lipinski definition) is 1. The first-order valence-corrected chi connectivity index (χ1v) is 8.19. The minimum absolute atomic E-state index is 0.219. The molecule has 2 heterocycles. The monoisotopic (exact) mass is 286 g/mol. The molecule has 0 spiro atoms. The number of carbonyl (C=O) groups excluding carboxylic acids is 1. The lowest BCUT2D eigenvalue weighted by Gasteiger charge is -2.38. The van der Waals surface area contributed by atoms with Gasteiger partial charge < -0.3 is 10.2 Å². The Morgan fingerprint density at radius 1 is 1.33 bits per heavy atom. The molecule has 1 aromatic rings. The van der Waals surface area contributed by atoms with Crippen LogP contribution in [0.3, 0.4) is 0 Å². The van der Waals surface area contributed by atoms with Crippen molar-refractivity contribution in [1.29, 1.82) is 0 Å². The molecule has 0 radical (unpaired) electrons. The lowest BCUT2D eigenvalue weighted by atomic mass is 9.81. The third-order valence-electron chi connectivity index (χ3n) is 5.17. The molecule has 0 aromatic heterocycles. The molecule has 3 rings (SSSR count). The fourth-order valence-corrected chi connectivity index (χ4v) is 3.88. The lowest BCUT2D eigenvalue weighted by molar-refractivity contribution is -0.143. The summed E-state index contributed by atoms with van der Waals surface area (Å²) in [5.41, 5.74) is 2.41. The van der Waals surface area contributed by atoms with Gasteiger partial charge in [0.25, 0.3) is 0 Å². The van der Waals surface area contributed by atoms with E-state index in [0.29, 0.717) is 5.91 Å². The lowest BCUT2D eigenvalue weighted by Crippen LogP contribution is -2.50. The molecule has 2 unspecified atom stereocenters. The van der Waals surface area contributed by atoms with Gasteiger partial charge in [0.05, 0.1) is 11.5 Å². The molecule has 2 aliphatic heterocycles. The number of benzene rings is 1. The summed E-state index contributed by atoms with van der Waals surface area (Å²) in [5, 5.41) is 3.40. The fourth-order valence-electron chi connectivity index (χ4n) is 3.88. The SMILES string of the molecule is Cc1ccccc1C1CCCN1C(=O)C1(C)CCCNC1. The zero-order chi connectivity index (χ0) is 14.9. The smallest absolute Gasteiger partial charge is 0.230 e. The third kappa shape index (κ3) is 2.71. The summed E-state index contributed by atoms with van der Waals surface area (Å²) in [4.78, 5) is 15.3. The Bertz CT molecular complexity index is 520. The molecule has 0 saturated carbocycles. The zero-order valence-corrected chi connectivity index (χ0v) is 13.2. The number of piperidine rings is 1. The van der Waals surface area contributed by atoms with Gasteiger partial charge in [-0.05, 0) is 57.2 Å². The Hall–Kier alpha value is -1.35. The molecule has 0 bridgehead atoms. The van der Waals surface area contributed by atoms with Gasteiger partial charge in [0, 0.05) is 13.1 Å². The predicted molar refractivity (Wildman–Crippen MR) is 85.1 cm³/mol. The van der Waals surface area contributed by atoms with Crippen molar-refractivity contribution in [2.75, 3.05) is 19.6 Å². The van der Waals surface area contributed by atoms with E-state index in [1.807, 2.05) is 0 Å². The summed E-state index contributed by atoms with van der Waals surface area (Å²) in [5.74, 6) is 0.348. The molecule has 1 N–H and O–H groups in total. The number of nitrogens with one attached hydrogen (secondary N) is 1. The molecule has 1 aromatic carbocycles. The van der Waals surface area contributed by atoms with E-state index in [2.05, 4.69) is 48.3 Å². The largest absolute Gasteiger partial charge is 0.335 e. The number of nitrogens with zero attached hydrogens (tertiary/aromatic N) is 1. The molecule has 1 amide bonds. The number of hydrogen-bond acceptors (Lipinski definition) is 2. The average molecular weight is 286 g/mol. The van der Waals surface area contributed by atoms with Gasteiger partial charge in [0.2, 0.25) is 5.91 Å². The van der Waals surface area contributed by atoms with Crippen molar-refractivity contribution in [2.45, 2.75) is 45.6 Å². The summed E-state index contributed by atoms with van der Waals surface area (Å²) < 4.78 is 0. The van der Waals surface area contributed by atoms with Crippen LogP contribution in [0.5, 0.6) is 0 Å². The highest BCUT2D eigenvalue weighted by Crippen LogP contribution is 2.38. The number of aryl methyl sites for hydroxylation is 1. The van der Waals surface area contributed by atoms with Gasteiger partial charge in [0.1, 0.15) is 0 Å². The van der Waals surface area contributed by atoms with E-state index < -0.39 is 0 Å². The highest BCUT2D eigenvalue weighted by molar-refractivity contribution is 5.83. The van der Waals surface area contributed by atoms with Gasteiger partial charge in [-0.1, -0.05) is 24.3 Å². The van der Waals surface area contributed by atoms with Gasteiger partial charge in [-0.2, -0.15) is 0 Å². The van der Waals surface area contributed by atoms with E-state index in [9.17, 15) is 4.79 Å². The Kier molecular flexibility index (Phi) is 4.03. The average Bonchev–Trinajstić information content (AvgIpc) is 2.97. The molecular weight excluding hydrogens is 260 g/mol. The summed E-state index contributed by atoms with van der Waals surface area (Å²) in [6.07, 6.45) is 4.33. The minimum Gasteiger partial charge on any atom is -0.335 e. The number of carbonyl (C=O) groups is 1. The van der Waals surface area contributed by atoms with E-state index in [1.165, 1.54) is 11.1 Å². The van der Waals surface area contributed by atoms with Gasteiger partial charge in [-0.3, -0.25) is 4.79 Å². The Morgan fingerprint density at radius 2 is 2.14 bits per heavy atom. The zero-order valence-electron chi connectivity index (χ0n) is 13.2. The van der Waals surface area contributed by atoms with Crippen LogP contribution in [0.1, 0.15) is 49.8 Å². The van der Waals surface area contributed by atoms with Crippen molar-refractivity contribution in [3.05, 3.63) is 35.4 Å². The first-order valence-electron chi connectivity index (χ1n) is 8.19. The molecule has 21 heavy (non-hydrogen) atoms. The second-order valence-corrected chi connectivity index (χ2v) is 6.85. The van der Waals surface area contributed by atoms with Crippen molar-refractivity contribution in [2.24, 2.45) is 5.41 Å². The van der Waals surface area contributed by atoms with Crippen molar-refractivity contribution < 1.29 is 4.79 Å². The van der Waals surface area contributed by atoms with Crippen molar-refractivity contribution >= 4 is 5.91 Å². The molecule has 2 saturated heterocycles. The van der Waals surface area contributed by atoms with Crippen molar-refractivity contribution in [1.82, 2.24) is 10.2 Å². The Labute approximate surface area is 127 Å². The molecule has 2 atom stereocenters. The third-order valence-corrected chi connectivity index (χ3v) is 5.17. The van der Waals surface area contributed by atoms with Crippen molar-refractivity contribution in [3.8, 4) is 0 Å².